The number of rotatable bonds is 6. The fraction of sp³-hybridized carbons (Fsp3) is 0.500. The van der Waals surface area contributed by atoms with Crippen molar-refractivity contribution < 1.29 is 4.74 Å². The standard InChI is InChI=1S/C20H29N5O.HI/c1-3-26-19-8-11-25(12-9-19)20(21-2)23-14-17-4-6-18(7-5-17)15-24-13-10-22-16-24;/h4-7,10,13,16,19H,3,8-9,11-12,14-15H2,1-2H3,(H,21,23);1H. The van der Waals surface area contributed by atoms with Gasteiger partial charge in [-0.3, -0.25) is 4.99 Å². The number of piperidine rings is 1. The van der Waals surface area contributed by atoms with Gasteiger partial charge in [0.1, 0.15) is 0 Å². The van der Waals surface area contributed by atoms with Crippen LogP contribution in [0, 0.1) is 0 Å². The van der Waals surface area contributed by atoms with Gasteiger partial charge in [-0.15, -0.1) is 24.0 Å². The lowest BCUT2D eigenvalue weighted by Gasteiger charge is -2.34. The maximum absolute atomic E-state index is 5.73. The van der Waals surface area contributed by atoms with Crippen LogP contribution < -0.4 is 5.32 Å². The van der Waals surface area contributed by atoms with Gasteiger partial charge in [-0.2, -0.15) is 0 Å². The molecule has 0 aliphatic carbocycles. The second-order valence-corrected chi connectivity index (χ2v) is 6.59. The molecule has 1 aromatic carbocycles. The van der Waals surface area contributed by atoms with Crippen LogP contribution in [0.4, 0.5) is 0 Å². The number of benzene rings is 1. The van der Waals surface area contributed by atoms with Gasteiger partial charge in [-0.25, -0.2) is 4.98 Å². The topological polar surface area (TPSA) is 54.7 Å². The van der Waals surface area contributed by atoms with Crippen molar-refractivity contribution in [1.82, 2.24) is 19.8 Å². The van der Waals surface area contributed by atoms with Gasteiger partial charge in [0.15, 0.2) is 5.96 Å². The fourth-order valence-electron chi connectivity index (χ4n) is 3.34. The molecule has 1 saturated heterocycles. The van der Waals surface area contributed by atoms with Gasteiger partial charge in [0.25, 0.3) is 0 Å². The first-order valence-corrected chi connectivity index (χ1v) is 9.39. The van der Waals surface area contributed by atoms with Crippen LogP contribution >= 0.6 is 24.0 Å². The molecule has 0 amide bonds. The van der Waals surface area contributed by atoms with Crippen LogP contribution in [-0.2, 0) is 17.8 Å². The summed E-state index contributed by atoms with van der Waals surface area (Å²) in [4.78, 5) is 10.8. The molecule has 0 atom stereocenters. The zero-order valence-electron chi connectivity index (χ0n) is 16.2. The van der Waals surface area contributed by atoms with Crippen molar-refractivity contribution in [3.63, 3.8) is 0 Å². The van der Waals surface area contributed by atoms with Crippen LogP contribution in [0.1, 0.15) is 30.9 Å². The lowest BCUT2D eigenvalue weighted by molar-refractivity contribution is 0.0263. The first-order valence-electron chi connectivity index (χ1n) is 9.39. The molecule has 148 valence electrons. The summed E-state index contributed by atoms with van der Waals surface area (Å²) in [5.41, 5.74) is 2.53. The Balaban J connectivity index is 0.00000261. The summed E-state index contributed by atoms with van der Waals surface area (Å²) >= 11 is 0. The molecule has 0 bridgehead atoms. The summed E-state index contributed by atoms with van der Waals surface area (Å²) in [6.45, 7) is 6.48. The summed E-state index contributed by atoms with van der Waals surface area (Å²) in [5, 5.41) is 3.49. The normalized spacial score (nSPS) is 15.5. The molecule has 2 aromatic rings. The second-order valence-electron chi connectivity index (χ2n) is 6.59. The van der Waals surface area contributed by atoms with E-state index in [1.54, 1.807) is 6.20 Å². The smallest absolute Gasteiger partial charge is 0.193 e. The summed E-state index contributed by atoms with van der Waals surface area (Å²) in [6, 6.07) is 8.70. The number of nitrogens with zero attached hydrogens (tertiary/aromatic N) is 4. The van der Waals surface area contributed by atoms with E-state index < -0.39 is 0 Å². The molecule has 1 aliphatic rings. The highest BCUT2D eigenvalue weighted by atomic mass is 127. The third kappa shape index (κ3) is 6.49. The minimum absolute atomic E-state index is 0. The average Bonchev–Trinajstić information content (AvgIpc) is 3.18. The maximum atomic E-state index is 5.73. The van der Waals surface area contributed by atoms with Crippen LogP contribution in [0.15, 0.2) is 48.0 Å². The molecule has 0 spiro atoms. The molecule has 7 heteroatoms. The Morgan fingerprint density at radius 3 is 2.52 bits per heavy atom. The lowest BCUT2D eigenvalue weighted by atomic mass is 10.1. The number of hydrogen-bond acceptors (Lipinski definition) is 3. The van der Waals surface area contributed by atoms with Gasteiger partial charge in [-0.05, 0) is 30.9 Å². The Kier molecular flexibility index (Phi) is 9.06. The zero-order chi connectivity index (χ0) is 18.2. The summed E-state index contributed by atoms with van der Waals surface area (Å²) in [7, 11) is 1.85. The highest BCUT2D eigenvalue weighted by Gasteiger charge is 2.21. The summed E-state index contributed by atoms with van der Waals surface area (Å²) in [5.74, 6) is 0.974. The van der Waals surface area contributed by atoms with E-state index in [-0.39, 0.29) is 24.0 Å². The van der Waals surface area contributed by atoms with E-state index in [2.05, 4.69) is 55.9 Å². The Morgan fingerprint density at radius 1 is 1.22 bits per heavy atom. The van der Waals surface area contributed by atoms with Gasteiger partial charge in [0.2, 0.25) is 0 Å². The molecule has 0 radical (unpaired) electrons. The van der Waals surface area contributed by atoms with Crippen LogP contribution in [0.2, 0.25) is 0 Å². The third-order valence-corrected chi connectivity index (χ3v) is 4.75. The fourth-order valence-corrected chi connectivity index (χ4v) is 3.34. The lowest BCUT2D eigenvalue weighted by Crippen LogP contribution is -2.46. The largest absolute Gasteiger partial charge is 0.378 e. The van der Waals surface area contributed by atoms with Crippen molar-refractivity contribution in [2.24, 2.45) is 4.99 Å². The van der Waals surface area contributed by atoms with Crippen molar-refractivity contribution >= 4 is 29.9 Å². The Bertz CT molecular complexity index is 679. The number of aliphatic imine (C=N–C) groups is 1. The van der Waals surface area contributed by atoms with E-state index in [1.165, 1.54) is 11.1 Å². The van der Waals surface area contributed by atoms with Crippen molar-refractivity contribution in [3.05, 3.63) is 54.1 Å². The molecule has 1 fully saturated rings. The maximum Gasteiger partial charge on any atom is 0.193 e. The summed E-state index contributed by atoms with van der Waals surface area (Å²) < 4.78 is 7.80. The van der Waals surface area contributed by atoms with Gasteiger partial charge in [0.05, 0.1) is 12.4 Å². The van der Waals surface area contributed by atoms with Gasteiger partial charge in [-0.1, -0.05) is 24.3 Å². The van der Waals surface area contributed by atoms with E-state index in [0.717, 1.165) is 51.6 Å². The van der Waals surface area contributed by atoms with E-state index >= 15 is 0 Å². The van der Waals surface area contributed by atoms with E-state index in [0.29, 0.717) is 6.10 Å². The predicted octanol–water partition coefficient (Wildman–Crippen LogP) is 3.13. The Morgan fingerprint density at radius 2 is 1.93 bits per heavy atom. The molecule has 0 unspecified atom stereocenters. The molecule has 2 heterocycles. The van der Waals surface area contributed by atoms with Crippen molar-refractivity contribution in [3.8, 4) is 0 Å². The van der Waals surface area contributed by atoms with Crippen LogP contribution in [-0.4, -0.2) is 53.3 Å². The first-order chi connectivity index (χ1) is 12.8. The van der Waals surface area contributed by atoms with Crippen molar-refractivity contribution in [2.45, 2.75) is 39.0 Å². The van der Waals surface area contributed by atoms with Gasteiger partial charge >= 0.3 is 0 Å². The molecule has 1 aliphatic heterocycles. The minimum atomic E-state index is 0. The number of guanidine groups is 1. The monoisotopic (exact) mass is 483 g/mol. The number of hydrogen-bond donors (Lipinski definition) is 1. The second kappa shape index (κ2) is 11.3. The van der Waals surface area contributed by atoms with Crippen LogP contribution in [0.3, 0.4) is 0 Å². The number of ether oxygens (including phenoxy) is 1. The van der Waals surface area contributed by atoms with Crippen LogP contribution in [0.25, 0.3) is 0 Å². The summed E-state index contributed by atoms with van der Waals surface area (Å²) in [6.07, 6.45) is 8.16. The van der Waals surface area contributed by atoms with Gasteiger partial charge < -0.3 is 19.5 Å². The number of halogens is 1. The molecule has 1 N–H and O–H groups in total. The quantitative estimate of drug-likeness (QED) is 0.390. The molecule has 3 rings (SSSR count). The molecular weight excluding hydrogens is 453 g/mol. The third-order valence-electron chi connectivity index (χ3n) is 4.75. The number of aromatic nitrogens is 2. The molecule has 6 nitrogen and oxygen atoms in total. The van der Waals surface area contributed by atoms with E-state index in [9.17, 15) is 0 Å². The first kappa shape index (κ1) is 21.7. The Hall–Kier alpha value is -1.61. The molecule has 0 saturated carbocycles. The highest BCUT2D eigenvalue weighted by Crippen LogP contribution is 2.14. The zero-order valence-corrected chi connectivity index (χ0v) is 18.5. The van der Waals surface area contributed by atoms with Crippen molar-refractivity contribution in [1.29, 1.82) is 0 Å². The SMILES string of the molecule is CCOC1CCN(C(=NC)NCc2ccc(Cn3ccnc3)cc2)CC1.I. The molecule has 27 heavy (non-hydrogen) atoms. The van der Waals surface area contributed by atoms with Gasteiger partial charge in [0, 0.05) is 52.2 Å². The van der Waals surface area contributed by atoms with E-state index in [4.69, 9.17) is 4.74 Å². The highest BCUT2D eigenvalue weighted by molar-refractivity contribution is 14.0. The van der Waals surface area contributed by atoms with E-state index in [1.807, 2.05) is 19.6 Å². The van der Waals surface area contributed by atoms with Crippen LogP contribution in [0.5, 0.6) is 0 Å². The molecular formula is C20H30IN5O. The number of imidazole rings is 1. The number of likely N-dealkylation sites (tertiary alicyclic amines) is 1. The average molecular weight is 483 g/mol. The number of nitrogens with one attached hydrogen (secondary N) is 1. The Labute approximate surface area is 179 Å². The predicted molar refractivity (Wildman–Crippen MR) is 120 cm³/mol. The minimum Gasteiger partial charge on any atom is -0.378 e. The van der Waals surface area contributed by atoms with Crippen molar-refractivity contribution in [2.75, 3.05) is 26.7 Å². The molecule has 1 aromatic heterocycles.